The van der Waals surface area contributed by atoms with Gasteiger partial charge < -0.3 is 20.3 Å². The molecule has 2 rings (SSSR count). The molecule has 1 unspecified atom stereocenters. The molecule has 1 aromatic carbocycles. The standard InChI is InChI=1S/C17H28N4O/c1-3-18-17(19-10-12-22-2)20-13-15-9-11-21(14-15)16-7-5-4-6-8-16/h4-8,15H,3,9-14H2,1-2H3,(H2,18,19,20). The van der Waals surface area contributed by atoms with Gasteiger partial charge in [0, 0.05) is 45.5 Å². The molecule has 0 radical (unpaired) electrons. The fourth-order valence-corrected chi connectivity index (χ4v) is 2.69. The van der Waals surface area contributed by atoms with Crippen LogP contribution >= 0.6 is 0 Å². The second kappa shape index (κ2) is 9.30. The molecule has 0 spiro atoms. The Balaban J connectivity index is 1.81. The van der Waals surface area contributed by atoms with Crippen LogP contribution in [-0.4, -0.2) is 52.4 Å². The second-order valence-electron chi connectivity index (χ2n) is 5.58. The van der Waals surface area contributed by atoms with Gasteiger partial charge in [0.15, 0.2) is 5.96 Å². The molecule has 0 saturated carbocycles. The Bertz CT molecular complexity index is 449. The van der Waals surface area contributed by atoms with Crippen molar-refractivity contribution in [1.82, 2.24) is 10.6 Å². The molecule has 5 nitrogen and oxygen atoms in total. The van der Waals surface area contributed by atoms with Gasteiger partial charge in [-0.05, 0) is 31.4 Å². The summed E-state index contributed by atoms with van der Waals surface area (Å²) < 4.78 is 5.06. The maximum absolute atomic E-state index is 5.06. The number of nitrogens with one attached hydrogen (secondary N) is 2. The molecular weight excluding hydrogens is 276 g/mol. The summed E-state index contributed by atoms with van der Waals surface area (Å²) >= 11 is 0. The molecule has 1 aromatic rings. The molecule has 2 N–H and O–H groups in total. The molecule has 22 heavy (non-hydrogen) atoms. The number of ether oxygens (including phenoxy) is 1. The minimum Gasteiger partial charge on any atom is -0.383 e. The average Bonchev–Trinajstić information content (AvgIpc) is 3.03. The molecule has 0 amide bonds. The van der Waals surface area contributed by atoms with Gasteiger partial charge in [0.05, 0.1) is 6.61 Å². The zero-order valence-electron chi connectivity index (χ0n) is 13.7. The van der Waals surface area contributed by atoms with E-state index in [4.69, 9.17) is 9.73 Å². The summed E-state index contributed by atoms with van der Waals surface area (Å²) in [4.78, 5) is 7.16. The molecule has 1 aliphatic heterocycles. The minimum atomic E-state index is 0.623. The SMILES string of the molecule is CCNC(=NCC1CCN(c2ccccc2)C1)NCCOC. The second-order valence-corrected chi connectivity index (χ2v) is 5.58. The van der Waals surface area contributed by atoms with Crippen LogP contribution in [0.15, 0.2) is 35.3 Å². The van der Waals surface area contributed by atoms with Gasteiger partial charge in [-0.1, -0.05) is 18.2 Å². The highest BCUT2D eigenvalue weighted by molar-refractivity contribution is 5.79. The van der Waals surface area contributed by atoms with Crippen molar-refractivity contribution in [3.05, 3.63) is 30.3 Å². The lowest BCUT2D eigenvalue weighted by molar-refractivity contribution is 0.203. The van der Waals surface area contributed by atoms with E-state index in [2.05, 4.69) is 52.8 Å². The van der Waals surface area contributed by atoms with Gasteiger partial charge in [0.1, 0.15) is 0 Å². The summed E-state index contributed by atoms with van der Waals surface area (Å²) in [5.74, 6) is 1.51. The van der Waals surface area contributed by atoms with E-state index in [1.807, 2.05) is 0 Å². The molecule has 1 saturated heterocycles. The third kappa shape index (κ3) is 5.22. The Morgan fingerprint density at radius 3 is 2.86 bits per heavy atom. The Morgan fingerprint density at radius 2 is 2.14 bits per heavy atom. The summed E-state index contributed by atoms with van der Waals surface area (Å²) in [5.41, 5.74) is 1.32. The highest BCUT2D eigenvalue weighted by atomic mass is 16.5. The molecule has 0 bridgehead atoms. The molecular formula is C17H28N4O. The Kier molecular flexibility index (Phi) is 7.03. The molecule has 0 aromatic heterocycles. The highest BCUT2D eigenvalue weighted by Crippen LogP contribution is 2.23. The number of aliphatic imine (C=N–C) groups is 1. The number of para-hydroxylation sites is 1. The molecule has 122 valence electrons. The van der Waals surface area contributed by atoms with Crippen LogP contribution in [0.5, 0.6) is 0 Å². The van der Waals surface area contributed by atoms with E-state index >= 15 is 0 Å². The van der Waals surface area contributed by atoms with E-state index in [0.29, 0.717) is 12.5 Å². The summed E-state index contributed by atoms with van der Waals surface area (Å²) in [6.45, 7) is 7.51. The zero-order valence-corrected chi connectivity index (χ0v) is 13.7. The summed E-state index contributed by atoms with van der Waals surface area (Å²) in [6, 6.07) is 10.6. The van der Waals surface area contributed by atoms with Crippen LogP contribution in [0.1, 0.15) is 13.3 Å². The molecule has 1 fully saturated rings. The monoisotopic (exact) mass is 304 g/mol. The molecule has 1 heterocycles. The van der Waals surface area contributed by atoms with Crippen LogP contribution in [0, 0.1) is 5.92 Å². The molecule has 1 atom stereocenters. The average molecular weight is 304 g/mol. The van der Waals surface area contributed by atoms with E-state index in [1.165, 1.54) is 12.1 Å². The van der Waals surface area contributed by atoms with Crippen LogP contribution in [-0.2, 0) is 4.74 Å². The van der Waals surface area contributed by atoms with Gasteiger partial charge in [-0.15, -0.1) is 0 Å². The number of guanidine groups is 1. The minimum absolute atomic E-state index is 0.623. The van der Waals surface area contributed by atoms with Crippen LogP contribution < -0.4 is 15.5 Å². The lowest BCUT2D eigenvalue weighted by Gasteiger charge is -2.18. The topological polar surface area (TPSA) is 48.9 Å². The van der Waals surface area contributed by atoms with Gasteiger partial charge in [-0.2, -0.15) is 0 Å². The number of hydrogen-bond acceptors (Lipinski definition) is 3. The Labute approximate surface area is 133 Å². The molecule has 1 aliphatic rings. The predicted molar refractivity (Wildman–Crippen MR) is 92.6 cm³/mol. The lowest BCUT2D eigenvalue weighted by atomic mass is 10.1. The third-order valence-electron chi connectivity index (χ3n) is 3.86. The number of rotatable bonds is 7. The fraction of sp³-hybridized carbons (Fsp3) is 0.588. The summed E-state index contributed by atoms with van der Waals surface area (Å²) in [6.07, 6.45) is 1.20. The van der Waals surface area contributed by atoms with Crippen LogP contribution in [0.3, 0.4) is 0 Å². The van der Waals surface area contributed by atoms with Crippen LogP contribution in [0.2, 0.25) is 0 Å². The van der Waals surface area contributed by atoms with Gasteiger partial charge >= 0.3 is 0 Å². The van der Waals surface area contributed by atoms with Crippen molar-refractivity contribution in [3.63, 3.8) is 0 Å². The van der Waals surface area contributed by atoms with E-state index in [-0.39, 0.29) is 0 Å². The highest BCUT2D eigenvalue weighted by Gasteiger charge is 2.22. The van der Waals surface area contributed by atoms with Crippen molar-refractivity contribution >= 4 is 11.6 Å². The first-order chi connectivity index (χ1) is 10.8. The fourth-order valence-electron chi connectivity index (χ4n) is 2.69. The smallest absolute Gasteiger partial charge is 0.191 e. The maximum atomic E-state index is 5.06. The van der Waals surface area contributed by atoms with Gasteiger partial charge in [0.2, 0.25) is 0 Å². The first-order valence-electron chi connectivity index (χ1n) is 8.14. The Morgan fingerprint density at radius 1 is 1.32 bits per heavy atom. The first kappa shape index (κ1) is 16.6. The predicted octanol–water partition coefficient (Wildman–Crippen LogP) is 1.71. The first-order valence-corrected chi connectivity index (χ1v) is 8.14. The van der Waals surface area contributed by atoms with E-state index < -0.39 is 0 Å². The largest absolute Gasteiger partial charge is 0.383 e. The maximum Gasteiger partial charge on any atom is 0.191 e. The summed E-state index contributed by atoms with van der Waals surface area (Å²) in [7, 11) is 1.71. The quantitative estimate of drug-likeness (QED) is 0.457. The zero-order chi connectivity index (χ0) is 15.6. The van der Waals surface area contributed by atoms with Gasteiger partial charge in [-0.25, -0.2) is 0 Å². The number of benzene rings is 1. The lowest BCUT2D eigenvalue weighted by Crippen LogP contribution is -2.39. The van der Waals surface area contributed by atoms with Gasteiger partial charge in [-0.3, -0.25) is 4.99 Å². The van der Waals surface area contributed by atoms with Crippen molar-refractivity contribution in [2.45, 2.75) is 13.3 Å². The van der Waals surface area contributed by atoms with E-state index in [1.54, 1.807) is 7.11 Å². The van der Waals surface area contributed by atoms with E-state index in [0.717, 1.165) is 38.7 Å². The normalized spacial score (nSPS) is 18.5. The van der Waals surface area contributed by atoms with Gasteiger partial charge in [0.25, 0.3) is 0 Å². The van der Waals surface area contributed by atoms with Crippen molar-refractivity contribution in [3.8, 4) is 0 Å². The number of nitrogens with zero attached hydrogens (tertiary/aromatic N) is 2. The van der Waals surface area contributed by atoms with Crippen LogP contribution in [0.4, 0.5) is 5.69 Å². The number of anilines is 1. The number of methoxy groups -OCH3 is 1. The molecule has 5 heteroatoms. The number of hydrogen-bond donors (Lipinski definition) is 2. The van der Waals surface area contributed by atoms with E-state index in [9.17, 15) is 0 Å². The Hall–Kier alpha value is -1.75. The molecule has 0 aliphatic carbocycles. The van der Waals surface area contributed by atoms with Crippen LogP contribution in [0.25, 0.3) is 0 Å². The van der Waals surface area contributed by atoms with Crippen molar-refractivity contribution < 1.29 is 4.74 Å². The third-order valence-corrected chi connectivity index (χ3v) is 3.86. The van der Waals surface area contributed by atoms with Crippen molar-refractivity contribution in [2.24, 2.45) is 10.9 Å². The van der Waals surface area contributed by atoms with Crippen molar-refractivity contribution in [1.29, 1.82) is 0 Å². The summed E-state index contributed by atoms with van der Waals surface area (Å²) in [5, 5.41) is 6.57. The van der Waals surface area contributed by atoms with Crippen molar-refractivity contribution in [2.75, 3.05) is 51.3 Å².